The number of aliphatic hydroxyl groups is 1. The Morgan fingerprint density at radius 2 is 2.21 bits per heavy atom. The fourth-order valence-corrected chi connectivity index (χ4v) is 1.05. The van der Waals surface area contributed by atoms with E-state index in [0.29, 0.717) is 0 Å². The lowest BCUT2D eigenvalue weighted by molar-refractivity contribution is 0.0692. The fourth-order valence-electron chi connectivity index (χ4n) is 1.05. The summed E-state index contributed by atoms with van der Waals surface area (Å²) < 4.78 is 5.02. The number of nitrogen functional groups attached to an aromatic ring is 1. The normalized spacial score (nSPS) is 9.79. The first-order valence-electron chi connectivity index (χ1n) is 4.02. The van der Waals surface area contributed by atoms with Crippen LogP contribution in [0.15, 0.2) is 18.2 Å². The monoisotopic (exact) mass is 197 g/mol. The summed E-state index contributed by atoms with van der Waals surface area (Å²) in [6, 6.07) is 4.57. The van der Waals surface area contributed by atoms with Gasteiger partial charge < -0.3 is 20.7 Å². The molecule has 0 radical (unpaired) electrons. The van der Waals surface area contributed by atoms with Gasteiger partial charge in [0.15, 0.2) is 0 Å². The Labute approximate surface area is 80.7 Å². The molecule has 0 aliphatic carbocycles. The second kappa shape index (κ2) is 4.48. The van der Waals surface area contributed by atoms with Crippen molar-refractivity contribution in [2.75, 3.05) is 18.9 Å². The van der Waals surface area contributed by atoms with Crippen molar-refractivity contribution < 1.29 is 19.7 Å². The predicted molar refractivity (Wildman–Crippen MR) is 50.4 cm³/mol. The Morgan fingerprint density at radius 3 is 2.79 bits per heavy atom. The molecule has 0 amide bonds. The van der Waals surface area contributed by atoms with E-state index in [9.17, 15) is 4.79 Å². The molecule has 5 nitrogen and oxygen atoms in total. The smallest absolute Gasteiger partial charge is 0.341 e. The van der Waals surface area contributed by atoms with Crippen molar-refractivity contribution in [2.45, 2.75) is 0 Å². The fraction of sp³-hybridized carbons (Fsp3) is 0.222. The summed E-state index contributed by atoms with van der Waals surface area (Å²) in [4.78, 5) is 10.8. The van der Waals surface area contributed by atoms with Crippen molar-refractivity contribution in [1.82, 2.24) is 0 Å². The molecule has 5 heteroatoms. The van der Waals surface area contributed by atoms with Crippen molar-refractivity contribution in [3.8, 4) is 5.75 Å². The van der Waals surface area contributed by atoms with Crippen molar-refractivity contribution >= 4 is 11.7 Å². The third-order valence-electron chi connectivity index (χ3n) is 1.62. The van der Waals surface area contributed by atoms with E-state index in [2.05, 4.69) is 0 Å². The number of carboxylic acid groups (broad SMARTS) is 1. The molecule has 0 saturated carbocycles. The first-order chi connectivity index (χ1) is 6.66. The summed E-state index contributed by atoms with van der Waals surface area (Å²) >= 11 is 0. The zero-order valence-corrected chi connectivity index (χ0v) is 7.43. The molecular formula is C9H11NO4. The van der Waals surface area contributed by atoms with Crippen LogP contribution in [0.4, 0.5) is 5.69 Å². The molecule has 1 aromatic rings. The van der Waals surface area contributed by atoms with Crippen LogP contribution in [-0.4, -0.2) is 29.4 Å². The number of hydrogen-bond donors (Lipinski definition) is 3. The highest BCUT2D eigenvalue weighted by molar-refractivity contribution is 5.96. The van der Waals surface area contributed by atoms with Crippen LogP contribution in [0.25, 0.3) is 0 Å². The van der Waals surface area contributed by atoms with Crippen molar-refractivity contribution in [3.05, 3.63) is 23.8 Å². The molecule has 4 N–H and O–H groups in total. The third kappa shape index (κ3) is 2.14. The highest BCUT2D eigenvalue weighted by atomic mass is 16.5. The largest absolute Gasteiger partial charge is 0.490 e. The summed E-state index contributed by atoms with van der Waals surface area (Å²) in [5.41, 5.74) is 5.55. The molecule has 76 valence electrons. The van der Waals surface area contributed by atoms with Crippen LogP contribution in [0, 0.1) is 0 Å². The topological polar surface area (TPSA) is 92.8 Å². The van der Waals surface area contributed by atoms with Crippen LogP contribution in [-0.2, 0) is 0 Å². The molecule has 0 spiro atoms. The van der Waals surface area contributed by atoms with Crippen LogP contribution in [0.3, 0.4) is 0 Å². The number of benzene rings is 1. The summed E-state index contributed by atoms with van der Waals surface area (Å²) in [6.07, 6.45) is 0. The van der Waals surface area contributed by atoms with Crippen molar-refractivity contribution in [3.63, 3.8) is 0 Å². The number of aromatic carboxylic acids is 1. The van der Waals surface area contributed by atoms with Crippen LogP contribution < -0.4 is 10.5 Å². The molecule has 0 aliphatic heterocycles. The summed E-state index contributed by atoms with van der Waals surface area (Å²) in [6.45, 7) is -0.127. The highest BCUT2D eigenvalue weighted by Crippen LogP contribution is 2.23. The summed E-state index contributed by atoms with van der Waals surface area (Å²) in [5, 5.41) is 17.3. The number of aliphatic hydroxyl groups excluding tert-OH is 1. The van der Waals surface area contributed by atoms with E-state index >= 15 is 0 Å². The van der Waals surface area contributed by atoms with Gasteiger partial charge in [0.25, 0.3) is 0 Å². The average molecular weight is 197 g/mol. The zero-order chi connectivity index (χ0) is 10.6. The molecule has 0 bridgehead atoms. The molecule has 0 heterocycles. The number of ether oxygens (including phenoxy) is 1. The summed E-state index contributed by atoms with van der Waals surface area (Å²) in [7, 11) is 0. The molecule has 0 atom stereocenters. The highest BCUT2D eigenvalue weighted by Gasteiger charge is 2.14. The molecule has 0 unspecified atom stereocenters. The molecule has 0 aromatic heterocycles. The van der Waals surface area contributed by atoms with Gasteiger partial charge in [-0.1, -0.05) is 6.07 Å². The average Bonchev–Trinajstić information content (AvgIpc) is 2.14. The summed E-state index contributed by atoms with van der Waals surface area (Å²) in [5.74, 6) is -0.970. The Hall–Kier alpha value is -1.75. The second-order valence-corrected chi connectivity index (χ2v) is 2.60. The Morgan fingerprint density at radius 1 is 1.50 bits per heavy atom. The zero-order valence-electron chi connectivity index (χ0n) is 7.43. The van der Waals surface area contributed by atoms with Crippen molar-refractivity contribution in [2.24, 2.45) is 0 Å². The van der Waals surface area contributed by atoms with Crippen LogP contribution in [0.5, 0.6) is 5.75 Å². The minimum atomic E-state index is -1.14. The van der Waals surface area contributed by atoms with E-state index in [1.165, 1.54) is 12.1 Å². The molecule has 0 fully saturated rings. The molecule has 14 heavy (non-hydrogen) atoms. The van der Waals surface area contributed by atoms with Gasteiger partial charge in [-0.25, -0.2) is 4.79 Å². The van der Waals surface area contributed by atoms with Crippen LogP contribution in [0.2, 0.25) is 0 Å². The van der Waals surface area contributed by atoms with Gasteiger partial charge in [-0.2, -0.15) is 0 Å². The lowest BCUT2D eigenvalue weighted by Gasteiger charge is -2.09. The molecule has 0 saturated heterocycles. The van der Waals surface area contributed by atoms with Gasteiger partial charge in [0.05, 0.1) is 6.61 Å². The van der Waals surface area contributed by atoms with E-state index in [4.69, 9.17) is 20.7 Å². The first-order valence-corrected chi connectivity index (χ1v) is 4.02. The van der Waals surface area contributed by atoms with E-state index in [1.54, 1.807) is 6.07 Å². The molecule has 1 rings (SSSR count). The maximum Gasteiger partial charge on any atom is 0.341 e. The molecule has 1 aromatic carbocycles. The van der Waals surface area contributed by atoms with Gasteiger partial charge in [-0.3, -0.25) is 0 Å². The minimum Gasteiger partial charge on any atom is -0.490 e. The van der Waals surface area contributed by atoms with E-state index in [-0.39, 0.29) is 30.2 Å². The standard InChI is InChI=1S/C9H11NO4/c10-6-2-1-3-7(14-5-4-11)8(6)9(12)13/h1-3,11H,4-5,10H2,(H,12,13). The molecule has 0 aliphatic rings. The quantitative estimate of drug-likeness (QED) is 0.605. The number of anilines is 1. The first kappa shape index (κ1) is 10.3. The van der Waals surface area contributed by atoms with Crippen molar-refractivity contribution in [1.29, 1.82) is 0 Å². The van der Waals surface area contributed by atoms with E-state index in [0.717, 1.165) is 0 Å². The van der Waals surface area contributed by atoms with Crippen LogP contribution in [0.1, 0.15) is 10.4 Å². The third-order valence-corrected chi connectivity index (χ3v) is 1.62. The Balaban J connectivity index is 3.02. The van der Waals surface area contributed by atoms with Gasteiger partial charge in [-0.15, -0.1) is 0 Å². The van der Waals surface area contributed by atoms with Crippen LogP contribution >= 0.6 is 0 Å². The number of carbonyl (C=O) groups is 1. The van der Waals surface area contributed by atoms with Gasteiger partial charge >= 0.3 is 5.97 Å². The van der Waals surface area contributed by atoms with Gasteiger partial charge in [0.1, 0.15) is 17.9 Å². The maximum absolute atomic E-state index is 10.8. The van der Waals surface area contributed by atoms with Gasteiger partial charge in [0, 0.05) is 5.69 Å². The lowest BCUT2D eigenvalue weighted by Crippen LogP contribution is -2.09. The number of rotatable bonds is 4. The maximum atomic E-state index is 10.8. The number of hydrogen-bond acceptors (Lipinski definition) is 4. The lowest BCUT2D eigenvalue weighted by atomic mass is 10.1. The second-order valence-electron chi connectivity index (χ2n) is 2.60. The SMILES string of the molecule is Nc1cccc(OCCO)c1C(=O)O. The Kier molecular flexibility index (Phi) is 3.30. The minimum absolute atomic E-state index is 0.0454. The van der Waals surface area contributed by atoms with E-state index in [1.807, 2.05) is 0 Å². The van der Waals surface area contributed by atoms with Gasteiger partial charge in [-0.05, 0) is 12.1 Å². The Bertz CT molecular complexity index is 338. The number of nitrogens with two attached hydrogens (primary N) is 1. The van der Waals surface area contributed by atoms with Gasteiger partial charge in [0.2, 0.25) is 0 Å². The van der Waals surface area contributed by atoms with E-state index < -0.39 is 5.97 Å². The number of carboxylic acids is 1. The molecular weight excluding hydrogens is 186 g/mol. The predicted octanol–water partition coefficient (Wildman–Crippen LogP) is 0.338.